The highest BCUT2D eigenvalue weighted by Gasteiger charge is 2.32. The van der Waals surface area contributed by atoms with Gasteiger partial charge in [0.05, 0.1) is 0 Å². The Hall–Kier alpha value is -0.0800. The third-order valence-electron chi connectivity index (χ3n) is 5.58. The Morgan fingerprint density at radius 3 is 2.44 bits per heavy atom. The largest absolute Gasteiger partial charge is 0.381 e. The summed E-state index contributed by atoms with van der Waals surface area (Å²) in [6.45, 7) is 3.22. The summed E-state index contributed by atoms with van der Waals surface area (Å²) in [6, 6.07) is 0.826. The quantitative estimate of drug-likeness (QED) is 0.830. The molecule has 3 unspecified atom stereocenters. The fourth-order valence-corrected chi connectivity index (χ4v) is 4.34. The molecule has 1 aliphatic heterocycles. The van der Waals surface area contributed by atoms with Gasteiger partial charge < -0.3 is 10.1 Å². The van der Waals surface area contributed by atoms with E-state index in [2.05, 4.69) is 5.32 Å². The number of rotatable bonds is 3. The van der Waals surface area contributed by atoms with E-state index in [9.17, 15) is 0 Å². The van der Waals surface area contributed by atoms with Crippen LogP contribution in [-0.2, 0) is 4.74 Å². The SMILES string of the molecule is C1CCC2CC(NCC3CCOCC3)CCC2C1. The second kappa shape index (κ2) is 6.38. The van der Waals surface area contributed by atoms with Gasteiger partial charge in [-0.25, -0.2) is 0 Å². The topological polar surface area (TPSA) is 21.3 Å². The Bertz CT molecular complexity index is 249. The summed E-state index contributed by atoms with van der Waals surface area (Å²) in [5.74, 6) is 3.02. The van der Waals surface area contributed by atoms with Crippen LogP contribution in [0.2, 0.25) is 0 Å². The van der Waals surface area contributed by atoms with Crippen LogP contribution >= 0.6 is 0 Å². The fourth-order valence-electron chi connectivity index (χ4n) is 4.34. The van der Waals surface area contributed by atoms with Gasteiger partial charge in [0, 0.05) is 19.3 Å². The summed E-state index contributed by atoms with van der Waals surface area (Å²) >= 11 is 0. The first-order valence-electron chi connectivity index (χ1n) is 8.23. The first-order chi connectivity index (χ1) is 8.92. The monoisotopic (exact) mass is 251 g/mol. The average molecular weight is 251 g/mol. The number of ether oxygens (including phenoxy) is 1. The average Bonchev–Trinajstić information content (AvgIpc) is 2.46. The van der Waals surface area contributed by atoms with Crippen LogP contribution < -0.4 is 5.32 Å². The van der Waals surface area contributed by atoms with Crippen LogP contribution in [0.1, 0.15) is 57.8 Å². The van der Waals surface area contributed by atoms with Crippen LogP contribution in [0.4, 0.5) is 0 Å². The minimum atomic E-state index is 0.826. The van der Waals surface area contributed by atoms with Gasteiger partial charge in [0.1, 0.15) is 0 Å². The molecule has 3 fully saturated rings. The van der Waals surface area contributed by atoms with Crippen LogP contribution in [0.15, 0.2) is 0 Å². The summed E-state index contributed by atoms with van der Waals surface area (Å²) in [6.07, 6.45) is 13.0. The maximum absolute atomic E-state index is 5.43. The van der Waals surface area contributed by atoms with Crippen molar-refractivity contribution in [1.82, 2.24) is 5.32 Å². The molecule has 2 aliphatic carbocycles. The molecular weight excluding hydrogens is 222 g/mol. The molecule has 1 heterocycles. The molecule has 3 rings (SSSR count). The number of nitrogens with one attached hydrogen (secondary N) is 1. The van der Waals surface area contributed by atoms with E-state index in [1.54, 1.807) is 0 Å². The molecule has 0 amide bonds. The highest BCUT2D eigenvalue weighted by molar-refractivity contribution is 4.86. The van der Waals surface area contributed by atoms with Crippen molar-refractivity contribution in [3.63, 3.8) is 0 Å². The molecule has 104 valence electrons. The van der Waals surface area contributed by atoms with E-state index in [4.69, 9.17) is 4.74 Å². The highest BCUT2D eigenvalue weighted by atomic mass is 16.5. The van der Waals surface area contributed by atoms with Gasteiger partial charge in [-0.3, -0.25) is 0 Å². The molecule has 2 heteroatoms. The maximum Gasteiger partial charge on any atom is 0.0469 e. The summed E-state index contributed by atoms with van der Waals surface area (Å²) in [7, 11) is 0. The van der Waals surface area contributed by atoms with E-state index in [-0.39, 0.29) is 0 Å². The molecule has 1 N–H and O–H groups in total. The van der Waals surface area contributed by atoms with Crippen molar-refractivity contribution < 1.29 is 4.74 Å². The van der Waals surface area contributed by atoms with Crippen molar-refractivity contribution in [1.29, 1.82) is 0 Å². The molecule has 2 nitrogen and oxygen atoms in total. The van der Waals surface area contributed by atoms with Gasteiger partial charge in [-0.2, -0.15) is 0 Å². The Kier molecular flexibility index (Phi) is 4.58. The van der Waals surface area contributed by atoms with E-state index in [1.165, 1.54) is 64.3 Å². The van der Waals surface area contributed by atoms with Crippen molar-refractivity contribution in [2.75, 3.05) is 19.8 Å². The molecule has 3 aliphatic rings. The predicted octanol–water partition coefficient (Wildman–Crippen LogP) is 3.36. The summed E-state index contributed by atoms with van der Waals surface area (Å²) in [4.78, 5) is 0. The van der Waals surface area contributed by atoms with Crippen molar-refractivity contribution in [2.45, 2.75) is 63.8 Å². The van der Waals surface area contributed by atoms with Crippen molar-refractivity contribution in [2.24, 2.45) is 17.8 Å². The summed E-state index contributed by atoms with van der Waals surface area (Å²) < 4.78 is 5.43. The Morgan fingerprint density at radius 1 is 0.833 bits per heavy atom. The lowest BCUT2D eigenvalue weighted by Crippen LogP contribution is -2.41. The molecule has 0 radical (unpaired) electrons. The van der Waals surface area contributed by atoms with Gasteiger partial charge in [-0.15, -0.1) is 0 Å². The van der Waals surface area contributed by atoms with Crippen molar-refractivity contribution in [3.05, 3.63) is 0 Å². The second-order valence-corrected chi connectivity index (χ2v) is 6.78. The lowest BCUT2D eigenvalue weighted by Gasteiger charge is -2.40. The molecule has 18 heavy (non-hydrogen) atoms. The van der Waals surface area contributed by atoms with E-state index >= 15 is 0 Å². The van der Waals surface area contributed by atoms with Crippen LogP contribution in [0, 0.1) is 17.8 Å². The second-order valence-electron chi connectivity index (χ2n) is 6.78. The van der Waals surface area contributed by atoms with Crippen LogP contribution in [0.5, 0.6) is 0 Å². The molecule has 0 aromatic heterocycles. The van der Waals surface area contributed by atoms with E-state index in [1.807, 2.05) is 0 Å². The van der Waals surface area contributed by atoms with Crippen LogP contribution in [0.25, 0.3) is 0 Å². The van der Waals surface area contributed by atoms with Crippen molar-refractivity contribution >= 4 is 0 Å². The van der Waals surface area contributed by atoms with Crippen molar-refractivity contribution in [3.8, 4) is 0 Å². The molecule has 0 aromatic rings. The minimum Gasteiger partial charge on any atom is -0.381 e. The third kappa shape index (κ3) is 3.27. The van der Waals surface area contributed by atoms with Crippen LogP contribution in [0.3, 0.4) is 0 Å². The zero-order valence-corrected chi connectivity index (χ0v) is 11.7. The normalized spacial score (nSPS) is 38.3. The zero-order valence-electron chi connectivity index (χ0n) is 11.7. The standard InChI is InChI=1S/C16H29NO/c1-2-4-15-11-16(6-5-14(15)3-1)17-12-13-7-9-18-10-8-13/h13-17H,1-12H2. The van der Waals surface area contributed by atoms with Crippen LogP contribution in [-0.4, -0.2) is 25.8 Å². The minimum absolute atomic E-state index is 0.826. The highest BCUT2D eigenvalue weighted by Crippen LogP contribution is 2.40. The molecule has 2 saturated carbocycles. The predicted molar refractivity (Wildman–Crippen MR) is 74.6 cm³/mol. The first kappa shape index (κ1) is 12.9. The maximum atomic E-state index is 5.43. The van der Waals surface area contributed by atoms with Gasteiger partial charge in [0.25, 0.3) is 0 Å². The lowest BCUT2D eigenvalue weighted by molar-refractivity contribution is 0.0631. The molecule has 0 bridgehead atoms. The first-order valence-corrected chi connectivity index (χ1v) is 8.23. The smallest absolute Gasteiger partial charge is 0.0469 e. The Balaban J connectivity index is 1.40. The molecule has 0 aromatic carbocycles. The van der Waals surface area contributed by atoms with Gasteiger partial charge in [0.15, 0.2) is 0 Å². The number of fused-ring (bicyclic) bond motifs is 1. The Morgan fingerprint density at radius 2 is 1.61 bits per heavy atom. The number of hydrogen-bond acceptors (Lipinski definition) is 2. The molecule has 3 atom stereocenters. The Labute approximate surface area is 112 Å². The van der Waals surface area contributed by atoms with Gasteiger partial charge in [-0.1, -0.05) is 25.7 Å². The number of hydrogen-bond donors (Lipinski definition) is 1. The molecule has 1 saturated heterocycles. The van der Waals surface area contributed by atoms with E-state index in [0.29, 0.717) is 0 Å². The van der Waals surface area contributed by atoms with E-state index < -0.39 is 0 Å². The van der Waals surface area contributed by atoms with Gasteiger partial charge >= 0.3 is 0 Å². The van der Waals surface area contributed by atoms with E-state index in [0.717, 1.165) is 37.0 Å². The third-order valence-corrected chi connectivity index (χ3v) is 5.58. The fraction of sp³-hybridized carbons (Fsp3) is 1.00. The molecular formula is C16H29NO. The molecule has 0 spiro atoms. The van der Waals surface area contributed by atoms with Gasteiger partial charge in [-0.05, 0) is 56.4 Å². The summed E-state index contributed by atoms with van der Waals surface area (Å²) in [5.41, 5.74) is 0. The lowest BCUT2D eigenvalue weighted by atomic mass is 9.69. The van der Waals surface area contributed by atoms with Gasteiger partial charge in [0.2, 0.25) is 0 Å². The summed E-state index contributed by atoms with van der Waals surface area (Å²) in [5, 5.41) is 3.87. The zero-order chi connectivity index (χ0) is 12.2.